The second-order valence-electron chi connectivity index (χ2n) is 6.72. The molecular formula is C18H32N6OS2. The molecule has 27 heavy (non-hydrogen) atoms. The van der Waals surface area contributed by atoms with Gasteiger partial charge in [0, 0.05) is 62.6 Å². The molecule has 0 aliphatic carbocycles. The van der Waals surface area contributed by atoms with Gasteiger partial charge in [-0.15, -0.1) is 11.3 Å². The second kappa shape index (κ2) is 12.2. The van der Waals surface area contributed by atoms with Crippen molar-refractivity contribution in [1.29, 1.82) is 0 Å². The van der Waals surface area contributed by atoms with Gasteiger partial charge in [0.15, 0.2) is 5.96 Å². The lowest BCUT2D eigenvalue weighted by Crippen LogP contribution is -2.54. The number of carbonyl (C=O) groups is 1. The van der Waals surface area contributed by atoms with Crippen LogP contribution in [0.3, 0.4) is 0 Å². The molecule has 152 valence electrons. The summed E-state index contributed by atoms with van der Waals surface area (Å²) < 4.78 is 1.13. The van der Waals surface area contributed by atoms with Crippen LogP contribution in [-0.2, 0) is 4.79 Å². The number of rotatable bonds is 9. The summed E-state index contributed by atoms with van der Waals surface area (Å²) in [5, 5.41) is 8.37. The molecular weight excluding hydrogens is 380 g/mol. The molecule has 0 aromatic carbocycles. The number of amides is 1. The maximum absolute atomic E-state index is 11.9. The summed E-state index contributed by atoms with van der Waals surface area (Å²) in [5.74, 6) is 2.13. The van der Waals surface area contributed by atoms with Crippen molar-refractivity contribution in [2.45, 2.75) is 37.6 Å². The van der Waals surface area contributed by atoms with Gasteiger partial charge in [0.2, 0.25) is 5.91 Å². The predicted molar refractivity (Wildman–Crippen MR) is 115 cm³/mol. The van der Waals surface area contributed by atoms with E-state index in [1.54, 1.807) is 23.1 Å². The molecule has 9 heteroatoms. The summed E-state index contributed by atoms with van der Waals surface area (Å²) in [4.78, 5) is 25.5. The molecule has 0 atom stereocenters. The fourth-order valence-electron chi connectivity index (χ4n) is 2.80. The molecule has 2 heterocycles. The first-order valence-electron chi connectivity index (χ1n) is 9.65. The number of guanidine groups is 1. The molecule has 0 radical (unpaired) electrons. The Kier molecular flexibility index (Phi) is 9.93. The van der Waals surface area contributed by atoms with Crippen LogP contribution in [0.25, 0.3) is 0 Å². The van der Waals surface area contributed by atoms with Gasteiger partial charge in [0.25, 0.3) is 0 Å². The molecule has 2 rings (SSSR count). The third-order valence-corrected chi connectivity index (χ3v) is 6.08. The zero-order chi connectivity index (χ0) is 19.5. The van der Waals surface area contributed by atoms with Crippen LogP contribution in [0.2, 0.25) is 0 Å². The molecule has 1 saturated heterocycles. The Labute approximate surface area is 171 Å². The standard InChI is InChI=1S/C18H32N6OS2/c1-4-19-17(20-6-5-12-26-18-21-7-13-27-18)24-10-8-23(9-11-24)14-16(25)22-15(2)3/h7,13,15H,4-6,8-12,14H2,1-3H3,(H,19,20)(H,22,25). The molecule has 0 saturated carbocycles. The van der Waals surface area contributed by atoms with Crippen molar-refractivity contribution in [3.8, 4) is 0 Å². The number of nitrogens with zero attached hydrogens (tertiary/aromatic N) is 4. The molecule has 1 aliphatic heterocycles. The van der Waals surface area contributed by atoms with Crippen LogP contribution in [-0.4, -0.2) is 84.3 Å². The van der Waals surface area contributed by atoms with Gasteiger partial charge in [0.05, 0.1) is 6.54 Å². The maximum Gasteiger partial charge on any atom is 0.234 e. The van der Waals surface area contributed by atoms with Crippen LogP contribution in [0, 0.1) is 0 Å². The number of hydrogen-bond donors (Lipinski definition) is 2. The zero-order valence-electron chi connectivity index (χ0n) is 16.6. The lowest BCUT2D eigenvalue weighted by molar-refractivity contribution is -0.123. The van der Waals surface area contributed by atoms with E-state index < -0.39 is 0 Å². The highest BCUT2D eigenvalue weighted by Crippen LogP contribution is 2.20. The molecule has 1 aromatic heterocycles. The van der Waals surface area contributed by atoms with Crippen molar-refractivity contribution in [2.24, 2.45) is 4.99 Å². The van der Waals surface area contributed by atoms with E-state index in [4.69, 9.17) is 4.99 Å². The summed E-state index contributed by atoms with van der Waals surface area (Å²) in [6.07, 6.45) is 2.88. The van der Waals surface area contributed by atoms with Gasteiger partial charge in [-0.05, 0) is 27.2 Å². The van der Waals surface area contributed by atoms with Crippen LogP contribution in [0.1, 0.15) is 27.2 Å². The van der Waals surface area contributed by atoms with Crippen LogP contribution < -0.4 is 10.6 Å². The normalized spacial score (nSPS) is 16.0. The summed E-state index contributed by atoms with van der Waals surface area (Å²) in [6.45, 7) is 11.8. The fraction of sp³-hybridized carbons (Fsp3) is 0.722. The lowest BCUT2D eigenvalue weighted by Gasteiger charge is -2.36. The van der Waals surface area contributed by atoms with E-state index >= 15 is 0 Å². The maximum atomic E-state index is 11.9. The number of aromatic nitrogens is 1. The minimum absolute atomic E-state index is 0.108. The third kappa shape index (κ3) is 8.49. The Morgan fingerprint density at radius 2 is 2.15 bits per heavy atom. The highest BCUT2D eigenvalue weighted by molar-refractivity contribution is 8.00. The monoisotopic (exact) mass is 412 g/mol. The molecule has 1 fully saturated rings. The smallest absolute Gasteiger partial charge is 0.234 e. The van der Waals surface area contributed by atoms with Crippen molar-refractivity contribution in [1.82, 2.24) is 25.4 Å². The third-order valence-electron chi connectivity index (χ3n) is 4.02. The quantitative estimate of drug-likeness (QED) is 0.279. The molecule has 1 amide bonds. The Bertz CT molecular complexity index is 570. The van der Waals surface area contributed by atoms with Gasteiger partial charge >= 0.3 is 0 Å². The minimum Gasteiger partial charge on any atom is -0.357 e. The Morgan fingerprint density at radius 3 is 2.78 bits per heavy atom. The first-order chi connectivity index (χ1) is 13.1. The average Bonchev–Trinajstić information content (AvgIpc) is 3.14. The highest BCUT2D eigenvalue weighted by Gasteiger charge is 2.21. The van der Waals surface area contributed by atoms with Gasteiger partial charge in [-0.2, -0.15) is 0 Å². The van der Waals surface area contributed by atoms with Crippen LogP contribution >= 0.6 is 23.1 Å². The summed E-state index contributed by atoms with van der Waals surface area (Å²) in [6, 6.07) is 0.194. The second-order valence-corrected chi connectivity index (χ2v) is 8.96. The Morgan fingerprint density at radius 1 is 1.37 bits per heavy atom. The summed E-state index contributed by atoms with van der Waals surface area (Å²) >= 11 is 3.49. The van der Waals surface area contributed by atoms with Crippen LogP contribution in [0.15, 0.2) is 20.9 Å². The van der Waals surface area contributed by atoms with Gasteiger partial charge in [0.1, 0.15) is 4.34 Å². The Balaban J connectivity index is 1.71. The molecule has 0 spiro atoms. The summed E-state index contributed by atoms with van der Waals surface area (Å²) in [7, 11) is 0. The highest BCUT2D eigenvalue weighted by atomic mass is 32.2. The number of hydrogen-bond acceptors (Lipinski definition) is 6. The van der Waals surface area contributed by atoms with Crippen molar-refractivity contribution >= 4 is 35.0 Å². The van der Waals surface area contributed by atoms with Crippen molar-refractivity contribution in [3.05, 3.63) is 11.6 Å². The summed E-state index contributed by atoms with van der Waals surface area (Å²) in [5.41, 5.74) is 0. The molecule has 0 unspecified atom stereocenters. The van der Waals surface area contributed by atoms with Crippen molar-refractivity contribution in [3.63, 3.8) is 0 Å². The van der Waals surface area contributed by atoms with E-state index in [9.17, 15) is 4.79 Å². The van der Waals surface area contributed by atoms with Crippen LogP contribution in [0.4, 0.5) is 0 Å². The van der Waals surface area contributed by atoms with Gasteiger partial charge in [-0.25, -0.2) is 4.98 Å². The van der Waals surface area contributed by atoms with Gasteiger partial charge < -0.3 is 15.5 Å². The van der Waals surface area contributed by atoms with Gasteiger partial charge in [-0.3, -0.25) is 14.7 Å². The molecule has 2 N–H and O–H groups in total. The predicted octanol–water partition coefficient (Wildman–Crippen LogP) is 1.73. The van der Waals surface area contributed by atoms with E-state index in [1.165, 1.54) is 0 Å². The largest absolute Gasteiger partial charge is 0.357 e. The average molecular weight is 413 g/mol. The van der Waals surface area contributed by atoms with Crippen LogP contribution in [0.5, 0.6) is 0 Å². The van der Waals surface area contributed by atoms with E-state index in [0.29, 0.717) is 6.54 Å². The number of thiazole rings is 1. The fourth-order valence-corrected chi connectivity index (χ4v) is 4.44. The number of thioether (sulfide) groups is 1. The van der Waals surface area contributed by atoms with Crippen molar-refractivity contribution in [2.75, 3.05) is 51.6 Å². The number of piperazine rings is 1. The first kappa shape index (κ1) is 22.0. The van der Waals surface area contributed by atoms with Gasteiger partial charge in [-0.1, -0.05) is 11.8 Å². The Hall–Kier alpha value is -1.32. The van der Waals surface area contributed by atoms with E-state index in [-0.39, 0.29) is 11.9 Å². The lowest BCUT2D eigenvalue weighted by atomic mass is 10.3. The molecule has 1 aromatic rings. The number of nitrogens with one attached hydrogen (secondary N) is 2. The van der Waals surface area contributed by atoms with Crippen molar-refractivity contribution < 1.29 is 4.79 Å². The van der Waals surface area contributed by atoms with E-state index in [1.807, 2.05) is 25.4 Å². The minimum atomic E-state index is 0.108. The topological polar surface area (TPSA) is 72.9 Å². The molecule has 7 nitrogen and oxygen atoms in total. The first-order valence-corrected chi connectivity index (χ1v) is 11.5. The number of carbonyl (C=O) groups excluding carboxylic acids is 1. The SMILES string of the molecule is CCNC(=NCCCSc1nccs1)N1CCN(CC(=O)NC(C)C)CC1. The van der Waals surface area contributed by atoms with E-state index in [0.717, 1.165) is 61.7 Å². The zero-order valence-corrected chi connectivity index (χ0v) is 18.2. The van der Waals surface area contributed by atoms with E-state index in [2.05, 4.69) is 32.3 Å². The molecule has 1 aliphatic rings. The molecule has 0 bridgehead atoms. The number of aliphatic imine (C=N–C) groups is 1.